The van der Waals surface area contributed by atoms with Gasteiger partial charge in [-0.3, -0.25) is 0 Å². The number of benzene rings is 3. The number of rotatable bonds is 4. The van der Waals surface area contributed by atoms with E-state index in [2.05, 4.69) is 0 Å². The second-order valence-electron chi connectivity index (χ2n) is 11.3. The summed E-state index contributed by atoms with van der Waals surface area (Å²) in [6.45, 7) is 0. The van der Waals surface area contributed by atoms with E-state index in [-0.39, 0.29) is 11.0 Å². The predicted octanol–water partition coefficient (Wildman–Crippen LogP) is 7.15. The molecule has 4 aliphatic rings. The molecule has 8 rings (SSSR count). The van der Waals surface area contributed by atoms with Gasteiger partial charge in [-0.15, -0.1) is 0 Å². The fourth-order valence-electron chi connectivity index (χ4n) is 7.62. The van der Waals surface area contributed by atoms with E-state index >= 15 is 0 Å². The molecular formula is C29H25F3N2O3S. The van der Waals surface area contributed by atoms with E-state index in [1.165, 1.54) is 25.3 Å². The number of alkyl halides is 3. The van der Waals surface area contributed by atoms with E-state index < -0.39 is 21.4 Å². The van der Waals surface area contributed by atoms with Gasteiger partial charge in [0.2, 0.25) is 0 Å². The van der Waals surface area contributed by atoms with Gasteiger partial charge in [0.1, 0.15) is 5.82 Å². The number of fused-ring (bicyclic) bond motifs is 2. The molecule has 5 nitrogen and oxygen atoms in total. The van der Waals surface area contributed by atoms with E-state index in [0.29, 0.717) is 45.6 Å². The largest absolute Gasteiger partial charge is 0.534 e. The Balaban J connectivity index is 1.50. The Morgan fingerprint density at radius 3 is 2.05 bits per heavy atom. The van der Waals surface area contributed by atoms with Crippen LogP contribution in [-0.4, -0.2) is 23.9 Å². The maximum Gasteiger partial charge on any atom is 0.534 e. The maximum absolute atomic E-state index is 13.4. The molecule has 38 heavy (non-hydrogen) atoms. The van der Waals surface area contributed by atoms with E-state index in [4.69, 9.17) is 14.2 Å². The van der Waals surface area contributed by atoms with Gasteiger partial charge in [0.05, 0.1) is 16.8 Å². The molecule has 9 heteroatoms. The summed E-state index contributed by atoms with van der Waals surface area (Å²) in [5.41, 5.74) is -4.43. The minimum atomic E-state index is -5.89. The minimum absolute atomic E-state index is 0.169. The number of aromatic nitrogens is 2. The van der Waals surface area contributed by atoms with Crippen LogP contribution < -0.4 is 4.18 Å². The number of hydrogen-bond acceptors (Lipinski definition) is 5. The lowest BCUT2D eigenvalue weighted by Crippen LogP contribution is -2.49. The average molecular weight is 539 g/mol. The first-order chi connectivity index (χ1) is 18.1. The van der Waals surface area contributed by atoms with Crippen LogP contribution >= 0.6 is 0 Å². The molecule has 0 unspecified atom stereocenters. The molecule has 0 aliphatic heterocycles. The van der Waals surface area contributed by atoms with Gasteiger partial charge in [-0.25, -0.2) is 9.97 Å². The molecule has 1 heterocycles. The Morgan fingerprint density at radius 1 is 0.789 bits per heavy atom. The zero-order valence-electron chi connectivity index (χ0n) is 20.4. The van der Waals surface area contributed by atoms with Crippen molar-refractivity contribution in [2.45, 2.75) is 49.4 Å². The number of hydrogen-bond donors (Lipinski definition) is 0. The first kappa shape index (κ1) is 23.9. The number of para-hydroxylation sites is 1. The van der Waals surface area contributed by atoms with Crippen LogP contribution in [0.25, 0.3) is 32.9 Å². The predicted molar refractivity (Wildman–Crippen MR) is 138 cm³/mol. The number of halogens is 3. The molecule has 4 fully saturated rings. The van der Waals surface area contributed by atoms with Crippen LogP contribution in [0.4, 0.5) is 13.2 Å². The maximum atomic E-state index is 13.4. The Bertz CT molecular complexity index is 1670. The molecule has 4 aliphatic carbocycles. The normalized spacial score (nSPS) is 26.8. The highest BCUT2D eigenvalue weighted by atomic mass is 32.2. The molecule has 0 atom stereocenters. The highest BCUT2D eigenvalue weighted by Gasteiger charge is 2.53. The fourth-order valence-corrected chi connectivity index (χ4v) is 8.09. The summed E-state index contributed by atoms with van der Waals surface area (Å²) in [5, 5.41) is 1.92. The molecule has 3 aromatic carbocycles. The van der Waals surface area contributed by atoms with Crippen LogP contribution in [0.15, 0.2) is 60.7 Å². The molecule has 4 saturated carbocycles. The smallest absolute Gasteiger partial charge is 0.375 e. The average Bonchev–Trinajstić information content (AvgIpc) is 2.86. The van der Waals surface area contributed by atoms with Crippen LogP contribution in [0, 0.1) is 17.8 Å². The Labute approximate surface area is 218 Å². The molecule has 196 valence electrons. The fraction of sp³-hybridized carbons (Fsp3) is 0.379. The van der Waals surface area contributed by atoms with Gasteiger partial charge in [0, 0.05) is 10.8 Å². The molecule has 0 radical (unpaired) electrons. The second-order valence-corrected chi connectivity index (χ2v) is 12.8. The first-order valence-corrected chi connectivity index (χ1v) is 14.3. The summed E-state index contributed by atoms with van der Waals surface area (Å²) in [6.07, 6.45) is 6.78. The van der Waals surface area contributed by atoms with Crippen LogP contribution in [0.3, 0.4) is 0 Å². The Morgan fingerprint density at radius 2 is 1.39 bits per heavy atom. The molecule has 0 saturated heterocycles. The number of nitrogens with zero attached hydrogens (tertiary/aromatic N) is 2. The van der Waals surface area contributed by atoms with Crippen molar-refractivity contribution in [3.63, 3.8) is 0 Å². The lowest BCUT2D eigenvalue weighted by atomic mass is 9.49. The van der Waals surface area contributed by atoms with E-state index in [9.17, 15) is 21.6 Å². The highest BCUT2D eigenvalue weighted by molar-refractivity contribution is 7.88. The molecule has 0 N–H and O–H groups in total. The lowest BCUT2D eigenvalue weighted by molar-refractivity contribution is -0.0499. The Kier molecular flexibility index (Phi) is 5.12. The molecule has 4 aromatic rings. The van der Waals surface area contributed by atoms with Gasteiger partial charge in [-0.2, -0.15) is 21.6 Å². The van der Waals surface area contributed by atoms with Crippen molar-refractivity contribution in [3.05, 3.63) is 66.5 Å². The van der Waals surface area contributed by atoms with Crippen LogP contribution in [0.5, 0.6) is 5.75 Å². The van der Waals surface area contributed by atoms with Gasteiger partial charge in [-0.05, 0) is 79.2 Å². The van der Waals surface area contributed by atoms with Crippen molar-refractivity contribution >= 4 is 31.8 Å². The summed E-state index contributed by atoms with van der Waals surface area (Å²) in [6, 6.07) is 17.4. The minimum Gasteiger partial charge on any atom is -0.375 e. The van der Waals surface area contributed by atoms with Crippen molar-refractivity contribution in [3.8, 4) is 17.0 Å². The van der Waals surface area contributed by atoms with E-state index in [1.54, 1.807) is 18.2 Å². The summed E-state index contributed by atoms with van der Waals surface area (Å²) in [7, 11) is -5.89. The Hall–Kier alpha value is -3.20. The van der Waals surface area contributed by atoms with Gasteiger partial charge in [0.25, 0.3) is 0 Å². The van der Waals surface area contributed by atoms with Gasteiger partial charge in [-0.1, -0.05) is 48.5 Å². The summed E-state index contributed by atoms with van der Waals surface area (Å²) < 4.78 is 69.1. The van der Waals surface area contributed by atoms with Crippen molar-refractivity contribution in [2.24, 2.45) is 17.8 Å². The van der Waals surface area contributed by atoms with E-state index in [1.807, 2.05) is 36.4 Å². The zero-order valence-corrected chi connectivity index (χ0v) is 21.2. The van der Waals surface area contributed by atoms with Crippen LogP contribution in [0.2, 0.25) is 0 Å². The summed E-state index contributed by atoms with van der Waals surface area (Å²) >= 11 is 0. The zero-order chi connectivity index (χ0) is 26.3. The second kappa shape index (κ2) is 8.15. The summed E-state index contributed by atoms with van der Waals surface area (Å²) in [4.78, 5) is 10.1. The third-order valence-electron chi connectivity index (χ3n) is 8.73. The van der Waals surface area contributed by atoms with E-state index in [0.717, 1.165) is 24.6 Å². The molecule has 0 amide bonds. The van der Waals surface area contributed by atoms with Crippen molar-refractivity contribution in [1.29, 1.82) is 0 Å². The summed E-state index contributed by atoms with van der Waals surface area (Å²) in [5.74, 6) is 2.25. The van der Waals surface area contributed by atoms with Gasteiger partial charge in [0.15, 0.2) is 5.75 Å². The van der Waals surface area contributed by atoms with Crippen LogP contribution in [-0.2, 0) is 15.5 Å². The highest BCUT2D eigenvalue weighted by Crippen LogP contribution is 2.60. The lowest BCUT2D eigenvalue weighted by Gasteiger charge is -2.56. The SMILES string of the molecule is O=S(=O)(Oc1ccc2ccccc2c1-c1nc(C23CC4CC(CC(C4)C2)C3)nc2ccccc12)C(F)(F)F. The quantitative estimate of drug-likeness (QED) is 0.204. The third kappa shape index (κ3) is 3.69. The van der Waals surface area contributed by atoms with Gasteiger partial charge < -0.3 is 4.18 Å². The van der Waals surface area contributed by atoms with Gasteiger partial charge >= 0.3 is 15.6 Å². The molecule has 1 aromatic heterocycles. The van der Waals surface area contributed by atoms with Crippen molar-refractivity contribution in [1.82, 2.24) is 9.97 Å². The first-order valence-electron chi connectivity index (χ1n) is 12.9. The third-order valence-corrected chi connectivity index (χ3v) is 9.69. The van der Waals surface area contributed by atoms with Crippen molar-refractivity contribution in [2.75, 3.05) is 0 Å². The van der Waals surface area contributed by atoms with Crippen LogP contribution in [0.1, 0.15) is 44.3 Å². The topological polar surface area (TPSA) is 69.2 Å². The van der Waals surface area contributed by atoms with Crippen molar-refractivity contribution < 1.29 is 25.8 Å². The molecular weight excluding hydrogens is 513 g/mol. The molecule has 4 bridgehead atoms. The monoisotopic (exact) mass is 538 g/mol. The standard InChI is InChI=1S/C29H25F3N2O3S/c30-29(31,32)38(35,36)37-24-10-9-20-5-1-2-6-21(20)25(24)26-22-7-3-4-8-23(22)33-27(34-26)28-14-17-11-18(15-28)13-19(12-17)16-28/h1-10,17-19H,11-16H2. The molecule has 0 spiro atoms.